The summed E-state index contributed by atoms with van der Waals surface area (Å²) in [6.45, 7) is 5.93. The number of carbonyl (C=O) groups excluding carboxylic acids is 1. The molecule has 0 spiro atoms. The molecule has 2 saturated carbocycles. The number of hydroxylamine groups is 2. The van der Waals surface area contributed by atoms with Crippen LogP contribution in [0, 0.1) is 5.41 Å². The Balaban J connectivity index is 1.15. The minimum absolute atomic E-state index is 0.130. The number of rotatable bonds is 9. The quantitative estimate of drug-likeness (QED) is 0.225. The molecule has 4 aliphatic rings. The molecule has 2 aromatic carbocycles. The molecule has 0 radical (unpaired) electrons. The summed E-state index contributed by atoms with van der Waals surface area (Å²) in [4.78, 5) is 26.7. The van der Waals surface area contributed by atoms with Gasteiger partial charge in [-0.3, -0.25) is 19.5 Å². The van der Waals surface area contributed by atoms with Crippen LogP contribution >= 0.6 is 0 Å². The number of nitrogens with zero attached hydrogens (tertiary/aromatic N) is 4. The highest BCUT2D eigenvalue weighted by Gasteiger charge is 2.58. The van der Waals surface area contributed by atoms with E-state index in [9.17, 15) is 13.2 Å². The third kappa shape index (κ3) is 6.56. The number of ether oxygens (including phenoxy) is 1. The normalized spacial score (nSPS) is 23.0. The number of nitrogens with one attached hydrogen (secondary N) is 1. The number of aromatic nitrogens is 2. The van der Waals surface area contributed by atoms with E-state index in [1.807, 2.05) is 30.6 Å². The molecule has 2 aliphatic heterocycles. The number of benzene rings is 2. The molecule has 3 fully saturated rings. The first-order valence-corrected chi connectivity index (χ1v) is 20.0. The second kappa shape index (κ2) is 13.4. The number of pyridine rings is 1. The summed E-state index contributed by atoms with van der Waals surface area (Å²) < 4.78 is 34.4. The number of sulfonamides is 1. The summed E-state index contributed by atoms with van der Waals surface area (Å²) in [6.07, 6.45) is 12.8. The number of methoxy groups -OCH3 is 1. The lowest BCUT2D eigenvalue weighted by Crippen LogP contribution is -2.33. The van der Waals surface area contributed by atoms with Crippen molar-refractivity contribution < 1.29 is 22.8 Å². The van der Waals surface area contributed by atoms with Crippen LogP contribution in [0.25, 0.3) is 22.2 Å². The molecule has 4 aromatic rings. The van der Waals surface area contributed by atoms with Gasteiger partial charge < -0.3 is 9.30 Å². The van der Waals surface area contributed by atoms with Crippen molar-refractivity contribution in [3.63, 3.8) is 0 Å². The average molecular weight is 698 g/mol. The highest BCUT2D eigenvalue weighted by Crippen LogP contribution is 2.65. The van der Waals surface area contributed by atoms with E-state index in [-0.39, 0.29) is 5.41 Å². The van der Waals surface area contributed by atoms with Gasteiger partial charge in [0.05, 0.1) is 25.7 Å². The van der Waals surface area contributed by atoms with Crippen LogP contribution in [-0.4, -0.2) is 80.0 Å². The van der Waals surface area contributed by atoms with Gasteiger partial charge in [-0.25, -0.2) is 13.1 Å². The van der Waals surface area contributed by atoms with Crippen LogP contribution in [0.2, 0.25) is 0 Å². The first kappa shape index (κ1) is 33.4. The Labute approximate surface area is 294 Å². The molecule has 1 N–H and O–H groups in total. The first-order chi connectivity index (χ1) is 24.2. The monoisotopic (exact) mass is 697 g/mol. The van der Waals surface area contributed by atoms with Crippen LogP contribution < -0.4 is 9.46 Å². The molecule has 8 rings (SSSR count). The lowest BCUT2D eigenvalue weighted by Gasteiger charge is -2.25. The van der Waals surface area contributed by atoms with E-state index < -0.39 is 15.9 Å². The van der Waals surface area contributed by atoms with Crippen molar-refractivity contribution in [1.29, 1.82) is 0 Å². The topological polar surface area (TPSA) is 106 Å². The number of hydrogen-bond acceptors (Lipinski definition) is 8. The number of carbonyl (C=O) groups is 1. The van der Waals surface area contributed by atoms with E-state index in [0.717, 1.165) is 87.9 Å². The van der Waals surface area contributed by atoms with E-state index in [2.05, 4.69) is 48.5 Å². The average Bonchev–Trinajstić information content (AvgIpc) is 3.82. The van der Waals surface area contributed by atoms with Gasteiger partial charge in [0.25, 0.3) is 5.91 Å². The van der Waals surface area contributed by atoms with E-state index in [1.165, 1.54) is 47.2 Å². The van der Waals surface area contributed by atoms with Crippen LogP contribution in [0.3, 0.4) is 0 Å². The lowest BCUT2D eigenvalue weighted by atomic mass is 9.81. The second-order valence-electron chi connectivity index (χ2n) is 14.9. The Morgan fingerprint density at radius 3 is 2.66 bits per heavy atom. The van der Waals surface area contributed by atoms with Crippen LogP contribution in [0.4, 0.5) is 0 Å². The van der Waals surface area contributed by atoms with Gasteiger partial charge >= 0.3 is 0 Å². The summed E-state index contributed by atoms with van der Waals surface area (Å²) in [5.74, 6) is 0.980. The summed E-state index contributed by atoms with van der Waals surface area (Å²) in [6, 6.07) is 16.4. The first-order valence-electron chi connectivity index (χ1n) is 18.1. The molecule has 0 bridgehead atoms. The van der Waals surface area contributed by atoms with Crippen molar-refractivity contribution in [3.05, 3.63) is 83.2 Å². The predicted molar refractivity (Wildman–Crippen MR) is 194 cm³/mol. The van der Waals surface area contributed by atoms with Gasteiger partial charge in [-0.1, -0.05) is 31.4 Å². The minimum atomic E-state index is -3.70. The summed E-state index contributed by atoms with van der Waals surface area (Å²) in [5.41, 5.74) is 7.56. The molecule has 264 valence electrons. The lowest BCUT2D eigenvalue weighted by molar-refractivity contribution is -0.172. The summed E-state index contributed by atoms with van der Waals surface area (Å²) in [5, 5.41) is 3.32. The Bertz CT molecular complexity index is 2010. The molecule has 1 amide bonds. The predicted octanol–water partition coefficient (Wildman–Crippen LogP) is 6.08. The van der Waals surface area contributed by atoms with Gasteiger partial charge in [-0.05, 0) is 97.2 Å². The van der Waals surface area contributed by atoms with Gasteiger partial charge in [-0.15, -0.1) is 0 Å². The molecule has 2 aromatic heterocycles. The standard InChI is InChI=1S/C39H47N5O5S/c1-48-30-12-14-31-33(21-30)34-22-39(34,26-49-43-17-7-16-42(18-19-43)24-27-8-6-15-40-23-27)25-44-35-20-29(38(45)41-50(2,46)47)11-13-32(35)36(37(31)44)28-9-4-3-5-10-28/h6,8,11-15,20-21,23,28,34H,3-5,7,9-10,16-19,22,24-26H2,1-2H3,(H,41,45). The van der Waals surface area contributed by atoms with Crippen LogP contribution in [0.5, 0.6) is 5.75 Å². The molecule has 1 saturated heterocycles. The zero-order valence-electron chi connectivity index (χ0n) is 29.1. The van der Waals surface area contributed by atoms with E-state index in [1.54, 1.807) is 13.2 Å². The number of fused-ring (bicyclic) bond motifs is 7. The Morgan fingerprint density at radius 1 is 1.02 bits per heavy atom. The zero-order valence-corrected chi connectivity index (χ0v) is 29.9. The second-order valence-corrected chi connectivity index (χ2v) is 16.6. The molecular weight excluding hydrogens is 651 g/mol. The van der Waals surface area contributed by atoms with Crippen molar-refractivity contribution >= 4 is 26.8 Å². The summed E-state index contributed by atoms with van der Waals surface area (Å²) in [7, 11) is -1.98. The van der Waals surface area contributed by atoms with Gasteiger partial charge in [-0.2, -0.15) is 5.06 Å². The fourth-order valence-electron chi connectivity index (χ4n) is 8.86. The van der Waals surface area contributed by atoms with Crippen molar-refractivity contribution in [1.82, 2.24) is 24.2 Å². The Hall–Kier alpha value is -3.77. The summed E-state index contributed by atoms with van der Waals surface area (Å²) >= 11 is 0. The molecule has 2 unspecified atom stereocenters. The molecule has 4 heterocycles. The molecule has 10 nitrogen and oxygen atoms in total. The van der Waals surface area contributed by atoms with E-state index in [0.29, 0.717) is 24.0 Å². The maximum atomic E-state index is 13.1. The SMILES string of the molecule is COc1ccc2c(c1)C1CC1(CON1CCCN(Cc3cccnc3)CC1)Cn1c-2c(C2CCCCC2)c2ccc(C(=O)NS(C)(=O)=O)cc21. The third-order valence-electron chi connectivity index (χ3n) is 11.4. The number of hydrogen-bond donors (Lipinski definition) is 1. The third-order valence-corrected chi connectivity index (χ3v) is 12.0. The highest BCUT2D eigenvalue weighted by atomic mass is 32.2. The maximum absolute atomic E-state index is 13.1. The zero-order chi connectivity index (χ0) is 34.5. The van der Waals surface area contributed by atoms with Gasteiger partial charge in [0, 0.05) is 72.6 Å². The number of amides is 1. The van der Waals surface area contributed by atoms with Gasteiger partial charge in [0.2, 0.25) is 10.0 Å². The van der Waals surface area contributed by atoms with E-state index in [4.69, 9.17) is 9.57 Å². The van der Waals surface area contributed by atoms with Crippen LogP contribution in [0.1, 0.15) is 83.8 Å². The Morgan fingerprint density at radius 2 is 1.88 bits per heavy atom. The van der Waals surface area contributed by atoms with Gasteiger partial charge in [0.15, 0.2) is 0 Å². The molecule has 50 heavy (non-hydrogen) atoms. The molecule has 2 aliphatic carbocycles. The fourth-order valence-corrected chi connectivity index (χ4v) is 9.32. The smallest absolute Gasteiger partial charge is 0.264 e. The van der Waals surface area contributed by atoms with Crippen molar-refractivity contribution in [2.75, 3.05) is 46.2 Å². The van der Waals surface area contributed by atoms with Crippen molar-refractivity contribution in [3.8, 4) is 17.0 Å². The molecule has 2 atom stereocenters. The van der Waals surface area contributed by atoms with Crippen LogP contribution in [0.15, 0.2) is 60.9 Å². The Kier molecular flexibility index (Phi) is 8.95. The maximum Gasteiger partial charge on any atom is 0.264 e. The molecule has 11 heteroatoms. The van der Waals surface area contributed by atoms with Crippen molar-refractivity contribution in [2.24, 2.45) is 5.41 Å². The van der Waals surface area contributed by atoms with Gasteiger partial charge in [0.1, 0.15) is 5.75 Å². The minimum Gasteiger partial charge on any atom is -0.497 e. The molecular formula is C39H47N5O5S. The van der Waals surface area contributed by atoms with Crippen LogP contribution in [-0.2, 0) is 28.0 Å². The largest absolute Gasteiger partial charge is 0.497 e. The van der Waals surface area contributed by atoms with Crippen molar-refractivity contribution in [2.45, 2.75) is 69.9 Å². The highest BCUT2D eigenvalue weighted by molar-refractivity contribution is 7.89. The fraction of sp³-hybridized carbons (Fsp3) is 0.487. The van der Waals surface area contributed by atoms with E-state index >= 15 is 0 Å².